The van der Waals surface area contributed by atoms with Crippen molar-refractivity contribution in [2.75, 3.05) is 13.9 Å². The van der Waals surface area contributed by atoms with Crippen LogP contribution >= 0.6 is 0 Å². The lowest BCUT2D eigenvalue weighted by atomic mass is 9.86. The van der Waals surface area contributed by atoms with Crippen LogP contribution in [0.15, 0.2) is 60.8 Å². The van der Waals surface area contributed by atoms with E-state index in [0.29, 0.717) is 11.1 Å². The Morgan fingerprint density at radius 3 is 1.93 bits per heavy atom. The van der Waals surface area contributed by atoms with Crippen molar-refractivity contribution < 1.29 is 42.1 Å². The second-order valence-corrected chi connectivity index (χ2v) is 9.79. The second-order valence-electron chi connectivity index (χ2n) is 9.79. The first kappa shape index (κ1) is 31.2. The number of esters is 2. The third-order valence-corrected chi connectivity index (χ3v) is 6.56. The molecule has 0 unspecified atom stereocenters. The normalized spacial score (nSPS) is 12.5. The number of hydrogen-bond donors (Lipinski definition) is 0. The number of rotatable bonds is 13. The standard InChI is InChI=1S/C31H33F2NO7/c1-18(2)25(16-26(36)29-30(40-17-39-20(4)35)27(38-5)14-15-34-29)31(37)41-19(3)28(21-6-10-23(32)11-7-21)22-8-12-24(33)13-9-22/h6-15,18-19,25,28H,16-17H2,1-5H3/t19-,25-/m0/s1. The molecule has 10 heteroatoms. The van der Waals surface area contributed by atoms with Gasteiger partial charge >= 0.3 is 11.9 Å². The summed E-state index contributed by atoms with van der Waals surface area (Å²) in [6.45, 7) is 6.03. The number of hydrogen-bond acceptors (Lipinski definition) is 8. The number of aromatic nitrogens is 1. The zero-order valence-corrected chi connectivity index (χ0v) is 23.6. The van der Waals surface area contributed by atoms with E-state index in [-0.39, 0.29) is 29.5 Å². The quantitative estimate of drug-likeness (QED) is 0.143. The van der Waals surface area contributed by atoms with Gasteiger partial charge in [-0.25, -0.2) is 13.8 Å². The Labute approximate surface area is 237 Å². The molecule has 3 aromatic rings. The van der Waals surface area contributed by atoms with Gasteiger partial charge in [0.2, 0.25) is 6.79 Å². The Balaban J connectivity index is 1.84. The Morgan fingerprint density at radius 2 is 1.44 bits per heavy atom. The van der Waals surface area contributed by atoms with Crippen LogP contribution < -0.4 is 9.47 Å². The van der Waals surface area contributed by atoms with E-state index in [2.05, 4.69) is 4.98 Å². The van der Waals surface area contributed by atoms with Crippen molar-refractivity contribution in [1.29, 1.82) is 0 Å². The van der Waals surface area contributed by atoms with E-state index in [0.717, 1.165) is 0 Å². The summed E-state index contributed by atoms with van der Waals surface area (Å²) >= 11 is 0. The molecule has 0 saturated heterocycles. The summed E-state index contributed by atoms with van der Waals surface area (Å²) in [6.07, 6.45) is 0.378. The summed E-state index contributed by atoms with van der Waals surface area (Å²) < 4.78 is 48.8. The van der Waals surface area contributed by atoms with Crippen molar-refractivity contribution in [2.45, 2.75) is 46.1 Å². The number of ether oxygens (including phenoxy) is 4. The van der Waals surface area contributed by atoms with Crippen LogP contribution in [-0.2, 0) is 19.1 Å². The van der Waals surface area contributed by atoms with Gasteiger partial charge in [0.05, 0.1) is 13.0 Å². The zero-order chi connectivity index (χ0) is 30.1. The first-order chi connectivity index (χ1) is 19.5. The second kappa shape index (κ2) is 14.3. The van der Waals surface area contributed by atoms with E-state index in [4.69, 9.17) is 18.9 Å². The Morgan fingerprint density at radius 1 is 0.878 bits per heavy atom. The van der Waals surface area contributed by atoms with E-state index in [1.807, 2.05) is 0 Å². The van der Waals surface area contributed by atoms with Gasteiger partial charge in [-0.15, -0.1) is 0 Å². The minimum Gasteiger partial charge on any atom is -0.493 e. The molecule has 41 heavy (non-hydrogen) atoms. The molecule has 1 heterocycles. The van der Waals surface area contributed by atoms with Crippen LogP contribution in [0.1, 0.15) is 61.6 Å². The van der Waals surface area contributed by atoms with Crippen molar-refractivity contribution in [3.05, 3.63) is 89.2 Å². The lowest BCUT2D eigenvalue weighted by molar-refractivity contribution is -0.155. The molecule has 8 nitrogen and oxygen atoms in total. The number of Topliss-reactive ketones (excluding diaryl/α,β-unsaturated/α-hetero) is 1. The number of ketones is 1. The molecule has 0 amide bonds. The monoisotopic (exact) mass is 569 g/mol. The maximum absolute atomic E-state index is 13.6. The molecule has 218 valence electrons. The molecule has 0 aliphatic carbocycles. The van der Waals surface area contributed by atoms with Crippen LogP contribution in [0.3, 0.4) is 0 Å². The fourth-order valence-corrected chi connectivity index (χ4v) is 4.40. The molecule has 0 saturated carbocycles. The summed E-state index contributed by atoms with van der Waals surface area (Å²) in [4.78, 5) is 42.1. The topological polar surface area (TPSA) is 101 Å². The summed E-state index contributed by atoms with van der Waals surface area (Å²) in [7, 11) is 1.39. The highest BCUT2D eigenvalue weighted by molar-refractivity contribution is 5.99. The highest BCUT2D eigenvalue weighted by Gasteiger charge is 2.33. The average molecular weight is 570 g/mol. The third kappa shape index (κ3) is 8.33. The predicted molar refractivity (Wildman–Crippen MR) is 146 cm³/mol. The maximum Gasteiger partial charge on any atom is 0.309 e. The van der Waals surface area contributed by atoms with E-state index in [9.17, 15) is 23.2 Å². The number of nitrogens with zero attached hydrogens (tertiary/aromatic N) is 1. The molecule has 3 rings (SSSR count). The lowest BCUT2D eigenvalue weighted by Gasteiger charge is -2.28. The van der Waals surface area contributed by atoms with E-state index in [1.165, 1.54) is 50.6 Å². The van der Waals surface area contributed by atoms with Crippen molar-refractivity contribution in [2.24, 2.45) is 11.8 Å². The minimum atomic E-state index is -0.846. The molecular formula is C31H33F2NO7. The Bertz CT molecular complexity index is 1300. The molecule has 0 aliphatic heterocycles. The van der Waals surface area contributed by atoms with Gasteiger partial charge in [-0.3, -0.25) is 14.4 Å². The van der Waals surface area contributed by atoms with Crippen LogP contribution in [0.25, 0.3) is 0 Å². The molecule has 0 bridgehead atoms. The van der Waals surface area contributed by atoms with Gasteiger partial charge in [0.15, 0.2) is 23.0 Å². The smallest absolute Gasteiger partial charge is 0.309 e. The summed E-state index contributed by atoms with van der Waals surface area (Å²) in [6, 6.07) is 13.0. The molecule has 0 aliphatic rings. The van der Waals surface area contributed by atoms with Crippen molar-refractivity contribution >= 4 is 17.7 Å². The van der Waals surface area contributed by atoms with Crippen LogP contribution in [0, 0.1) is 23.5 Å². The molecule has 1 aromatic heterocycles. The fourth-order valence-electron chi connectivity index (χ4n) is 4.40. The van der Waals surface area contributed by atoms with E-state index < -0.39 is 54.1 Å². The highest BCUT2D eigenvalue weighted by Crippen LogP contribution is 2.34. The van der Waals surface area contributed by atoms with Gasteiger partial charge in [0, 0.05) is 31.5 Å². The molecule has 0 radical (unpaired) electrons. The number of pyridine rings is 1. The Hall–Kier alpha value is -4.34. The van der Waals surface area contributed by atoms with Gasteiger partial charge in [0.25, 0.3) is 0 Å². The first-order valence-corrected chi connectivity index (χ1v) is 13.1. The average Bonchev–Trinajstić information content (AvgIpc) is 2.93. The van der Waals surface area contributed by atoms with Gasteiger partial charge < -0.3 is 18.9 Å². The largest absolute Gasteiger partial charge is 0.493 e. The number of carbonyl (C=O) groups is 3. The maximum atomic E-state index is 13.6. The van der Waals surface area contributed by atoms with Crippen LogP contribution in [0.2, 0.25) is 0 Å². The Kier molecular flexibility index (Phi) is 10.9. The van der Waals surface area contributed by atoms with Crippen LogP contribution in [-0.4, -0.2) is 42.7 Å². The molecule has 0 N–H and O–H groups in total. The van der Waals surface area contributed by atoms with Gasteiger partial charge in [-0.2, -0.15) is 0 Å². The van der Waals surface area contributed by atoms with Crippen molar-refractivity contribution in [1.82, 2.24) is 4.98 Å². The number of halogens is 2. The predicted octanol–water partition coefficient (Wildman–Crippen LogP) is 5.88. The van der Waals surface area contributed by atoms with Crippen LogP contribution in [0.5, 0.6) is 11.5 Å². The molecule has 2 atom stereocenters. The molecule has 0 fully saturated rings. The first-order valence-electron chi connectivity index (χ1n) is 13.1. The number of carbonyl (C=O) groups excluding carboxylic acids is 3. The minimum absolute atomic E-state index is 0.0156. The summed E-state index contributed by atoms with van der Waals surface area (Å²) in [5.74, 6) is -3.99. The lowest BCUT2D eigenvalue weighted by Crippen LogP contribution is -2.31. The summed E-state index contributed by atoms with van der Waals surface area (Å²) in [5, 5.41) is 0. The number of methoxy groups -OCH3 is 1. The van der Waals surface area contributed by atoms with Crippen molar-refractivity contribution in [3.8, 4) is 11.5 Å². The third-order valence-electron chi connectivity index (χ3n) is 6.56. The fraction of sp³-hybridized carbons (Fsp3) is 0.355. The van der Waals surface area contributed by atoms with E-state index >= 15 is 0 Å². The number of benzene rings is 2. The molecule has 0 spiro atoms. The summed E-state index contributed by atoms with van der Waals surface area (Å²) in [5.41, 5.74) is 1.26. The molecule has 2 aromatic carbocycles. The zero-order valence-electron chi connectivity index (χ0n) is 23.6. The van der Waals surface area contributed by atoms with Gasteiger partial charge in [0.1, 0.15) is 17.7 Å². The SMILES string of the molecule is COc1ccnc(C(=O)C[C@H](C(=O)O[C@@H](C)C(c2ccc(F)cc2)c2ccc(F)cc2)C(C)C)c1OCOC(C)=O. The van der Waals surface area contributed by atoms with Gasteiger partial charge in [-0.05, 0) is 48.2 Å². The molecular weight excluding hydrogens is 536 g/mol. The highest BCUT2D eigenvalue weighted by atomic mass is 19.1. The van der Waals surface area contributed by atoms with Gasteiger partial charge in [-0.1, -0.05) is 38.1 Å². The van der Waals surface area contributed by atoms with Crippen LogP contribution in [0.4, 0.5) is 8.78 Å². The van der Waals surface area contributed by atoms with E-state index in [1.54, 1.807) is 45.0 Å². The van der Waals surface area contributed by atoms with Crippen molar-refractivity contribution in [3.63, 3.8) is 0 Å².